The van der Waals surface area contributed by atoms with Gasteiger partial charge in [-0.2, -0.15) is 5.10 Å². The lowest BCUT2D eigenvalue weighted by Crippen LogP contribution is -2.29. The highest BCUT2D eigenvalue weighted by atomic mass is 16.5. The summed E-state index contributed by atoms with van der Waals surface area (Å²) in [5, 5.41) is 7.41. The van der Waals surface area contributed by atoms with E-state index < -0.39 is 0 Å². The number of methoxy groups -OCH3 is 2. The van der Waals surface area contributed by atoms with Gasteiger partial charge in [0.15, 0.2) is 11.5 Å². The number of nitrogens with zero attached hydrogens (tertiary/aromatic N) is 2. The maximum atomic E-state index is 12.5. The van der Waals surface area contributed by atoms with Gasteiger partial charge in [-0.05, 0) is 67.5 Å². The fourth-order valence-corrected chi connectivity index (χ4v) is 4.63. The van der Waals surface area contributed by atoms with Crippen LogP contribution in [0.3, 0.4) is 0 Å². The second kappa shape index (κ2) is 8.31. The highest BCUT2D eigenvalue weighted by Gasteiger charge is 2.34. The lowest BCUT2D eigenvalue weighted by molar-refractivity contribution is -0.121. The van der Waals surface area contributed by atoms with Gasteiger partial charge in [0.05, 0.1) is 14.2 Å². The number of rotatable bonds is 7. The van der Waals surface area contributed by atoms with Crippen LogP contribution in [0.2, 0.25) is 0 Å². The molecule has 29 heavy (non-hydrogen) atoms. The molecule has 2 aliphatic rings. The van der Waals surface area contributed by atoms with E-state index in [4.69, 9.17) is 9.47 Å². The summed E-state index contributed by atoms with van der Waals surface area (Å²) in [6.45, 7) is 3.22. The number of allylic oxidation sites excluding steroid dienone is 1. The number of ether oxygens (including phenoxy) is 2. The molecule has 1 heterocycles. The van der Waals surface area contributed by atoms with Crippen LogP contribution in [-0.4, -0.2) is 36.5 Å². The van der Waals surface area contributed by atoms with Gasteiger partial charge in [0.1, 0.15) is 0 Å². The Morgan fingerprint density at radius 1 is 1.21 bits per heavy atom. The lowest BCUT2D eigenvalue weighted by Gasteiger charge is -2.21. The molecule has 154 valence electrons. The smallest absolute Gasteiger partial charge is 0.221 e. The topological polar surface area (TPSA) is 65.4 Å². The molecule has 6 heteroatoms. The van der Waals surface area contributed by atoms with Crippen LogP contribution in [-0.2, 0) is 11.3 Å². The SMILES string of the molecule is COc1cc2c(cc1OC)[C@H](CNC(=O)CCn1nccc1C)C1=C2CCCC1. The van der Waals surface area contributed by atoms with Crippen LogP contribution in [0.25, 0.3) is 5.57 Å². The summed E-state index contributed by atoms with van der Waals surface area (Å²) in [6.07, 6.45) is 6.82. The molecule has 1 aromatic carbocycles. The van der Waals surface area contributed by atoms with Crippen LogP contribution >= 0.6 is 0 Å². The second-order valence-corrected chi connectivity index (χ2v) is 7.81. The zero-order valence-corrected chi connectivity index (χ0v) is 17.5. The number of aryl methyl sites for hydroxylation is 2. The third-order valence-corrected chi connectivity index (χ3v) is 6.17. The van der Waals surface area contributed by atoms with E-state index >= 15 is 0 Å². The zero-order chi connectivity index (χ0) is 20.4. The van der Waals surface area contributed by atoms with Crippen molar-refractivity contribution < 1.29 is 14.3 Å². The lowest BCUT2D eigenvalue weighted by atomic mass is 9.87. The van der Waals surface area contributed by atoms with Crippen molar-refractivity contribution in [2.24, 2.45) is 0 Å². The third-order valence-electron chi connectivity index (χ3n) is 6.17. The van der Waals surface area contributed by atoms with Crippen molar-refractivity contribution in [1.82, 2.24) is 15.1 Å². The molecule has 0 unspecified atom stereocenters. The number of amides is 1. The van der Waals surface area contributed by atoms with Crippen LogP contribution in [0.15, 0.2) is 30.0 Å². The molecule has 1 amide bonds. The fraction of sp³-hybridized carbons (Fsp3) is 0.478. The van der Waals surface area contributed by atoms with Crippen LogP contribution in [0.5, 0.6) is 11.5 Å². The molecule has 6 nitrogen and oxygen atoms in total. The van der Waals surface area contributed by atoms with E-state index in [2.05, 4.69) is 22.5 Å². The Balaban J connectivity index is 1.50. The third kappa shape index (κ3) is 3.76. The number of hydrogen-bond acceptors (Lipinski definition) is 4. The first-order valence-electron chi connectivity index (χ1n) is 10.4. The fourth-order valence-electron chi connectivity index (χ4n) is 4.63. The summed E-state index contributed by atoms with van der Waals surface area (Å²) in [4.78, 5) is 12.5. The van der Waals surface area contributed by atoms with Crippen molar-refractivity contribution in [3.05, 3.63) is 46.8 Å². The molecule has 4 rings (SSSR count). The highest BCUT2D eigenvalue weighted by molar-refractivity contribution is 5.82. The van der Waals surface area contributed by atoms with Crippen molar-refractivity contribution in [2.75, 3.05) is 20.8 Å². The highest BCUT2D eigenvalue weighted by Crippen LogP contribution is 2.51. The molecule has 0 saturated carbocycles. The van der Waals surface area contributed by atoms with E-state index in [0.29, 0.717) is 19.5 Å². The molecule has 1 atom stereocenters. The minimum atomic E-state index is 0.0618. The van der Waals surface area contributed by atoms with Crippen molar-refractivity contribution in [3.63, 3.8) is 0 Å². The molecule has 1 N–H and O–H groups in total. The van der Waals surface area contributed by atoms with E-state index in [1.54, 1.807) is 20.4 Å². The first kappa shape index (κ1) is 19.6. The van der Waals surface area contributed by atoms with E-state index in [9.17, 15) is 4.79 Å². The van der Waals surface area contributed by atoms with Crippen LogP contribution < -0.4 is 14.8 Å². The van der Waals surface area contributed by atoms with Gasteiger partial charge in [0.25, 0.3) is 0 Å². The minimum Gasteiger partial charge on any atom is -0.493 e. The zero-order valence-electron chi connectivity index (χ0n) is 17.5. The van der Waals surface area contributed by atoms with Crippen molar-refractivity contribution in [2.45, 2.75) is 51.5 Å². The second-order valence-electron chi connectivity index (χ2n) is 7.81. The quantitative estimate of drug-likeness (QED) is 0.774. The van der Waals surface area contributed by atoms with E-state index in [0.717, 1.165) is 30.0 Å². The molecule has 0 fully saturated rings. The molecule has 2 aromatic rings. The van der Waals surface area contributed by atoms with Gasteiger partial charge in [-0.3, -0.25) is 9.48 Å². The summed E-state index contributed by atoms with van der Waals surface area (Å²) < 4.78 is 12.9. The van der Waals surface area contributed by atoms with Gasteiger partial charge >= 0.3 is 0 Å². The number of carbonyl (C=O) groups is 1. The molecule has 0 radical (unpaired) electrons. The molecule has 0 saturated heterocycles. The predicted molar refractivity (Wildman–Crippen MR) is 112 cm³/mol. The normalized spacial score (nSPS) is 17.7. The molecule has 0 spiro atoms. The van der Waals surface area contributed by atoms with Crippen LogP contribution in [0, 0.1) is 6.92 Å². The average Bonchev–Trinajstić information content (AvgIpc) is 3.29. The van der Waals surface area contributed by atoms with E-state index in [1.165, 1.54) is 35.1 Å². The Morgan fingerprint density at radius 3 is 2.69 bits per heavy atom. The first-order chi connectivity index (χ1) is 14.1. The van der Waals surface area contributed by atoms with Crippen LogP contribution in [0.4, 0.5) is 0 Å². The largest absolute Gasteiger partial charge is 0.493 e. The Labute approximate surface area is 171 Å². The molecular weight excluding hydrogens is 366 g/mol. The number of carbonyl (C=O) groups excluding carboxylic acids is 1. The van der Waals surface area contributed by atoms with Gasteiger partial charge in [-0.25, -0.2) is 0 Å². The molecular formula is C23H29N3O3. The number of fused-ring (bicyclic) bond motifs is 2. The molecule has 0 aliphatic heterocycles. The Bertz CT molecular complexity index is 945. The molecule has 0 bridgehead atoms. The number of hydrogen-bond donors (Lipinski definition) is 1. The summed E-state index contributed by atoms with van der Waals surface area (Å²) >= 11 is 0. The first-order valence-corrected chi connectivity index (χ1v) is 10.4. The standard InChI is InChI=1S/C23H29N3O3/c1-15-8-10-25-26(15)11-9-23(27)24-14-20-17-7-5-4-6-16(17)18-12-21(28-2)22(29-3)13-19(18)20/h8,10,12-13,20H,4-7,9,11,14H2,1-3H3,(H,24,27)/t20-/m1/s1. The van der Waals surface area contributed by atoms with Gasteiger partial charge in [0, 0.05) is 37.3 Å². The van der Waals surface area contributed by atoms with Crippen molar-refractivity contribution in [3.8, 4) is 11.5 Å². The van der Waals surface area contributed by atoms with Gasteiger partial charge < -0.3 is 14.8 Å². The van der Waals surface area contributed by atoms with Crippen molar-refractivity contribution in [1.29, 1.82) is 0 Å². The predicted octanol–water partition coefficient (Wildman–Crippen LogP) is 3.84. The molecule has 1 aromatic heterocycles. The molecule has 2 aliphatic carbocycles. The number of nitrogens with one attached hydrogen (secondary N) is 1. The maximum Gasteiger partial charge on any atom is 0.221 e. The summed E-state index contributed by atoms with van der Waals surface area (Å²) in [5.74, 6) is 1.79. The number of aromatic nitrogens is 2. The Morgan fingerprint density at radius 2 is 1.97 bits per heavy atom. The van der Waals surface area contributed by atoms with Gasteiger partial charge in [-0.15, -0.1) is 0 Å². The van der Waals surface area contributed by atoms with E-state index in [1.807, 2.05) is 17.7 Å². The Kier molecular flexibility index (Phi) is 5.60. The van der Waals surface area contributed by atoms with Crippen molar-refractivity contribution >= 4 is 11.5 Å². The van der Waals surface area contributed by atoms with Gasteiger partial charge in [-0.1, -0.05) is 5.57 Å². The summed E-state index contributed by atoms with van der Waals surface area (Å²) in [5.41, 5.74) is 6.51. The average molecular weight is 396 g/mol. The van der Waals surface area contributed by atoms with Crippen LogP contribution in [0.1, 0.15) is 54.8 Å². The minimum absolute atomic E-state index is 0.0618. The monoisotopic (exact) mass is 395 g/mol. The summed E-state index contributed by atoms with van der Waals surface area (Å²) in [6, 6.07) is 6.15. The van der Waals surface area contributed by atoms with Gasteiger partial charge in [0.2, 0.25) is 5.91 Å². The van der Waals surface area contributed by atoms with E-state index in [-0.39, 0.29) is 11.8 Å². The summed E-state index contributed by atoms with van der Waals surface area (Å²) in [7, 11) is 3.34. The number of benzene rings is 1. The maximum absolute atomic E-state index is 12.5. The Hall–Kier alpha value is -2.76.